The molecule has 0 atom stereocenters. The van der Waals surface area contributed by atoms with Gasteiger partial charge in [-0.15, -0.1) is 0 Å². The van der Waals surface area contributed by atoms with Crippen LogP contribution in [0.2, 0.25) is 0 Å². The standard InChI is InChI=1S/C14H24N2O2/c1-13(2)9-17-11-15(13)7-5-6-8-16-12-18-10-14(16,3)4/h7-12H2,1-4H3. The van der Waals surface area contributed by atoms with Crippen molar-refractivity contribution in [3.63, 3.8) is 0 Å². The van der Waals surface area contributed by atoms with Crippen LogP contribution in [0, 0.1) is 11.8 Å². The summed E-state index contributed by atoms with van der Waals surface area (Å²) in [5.41, 5.74) is 0.232. The SMILES string of the molecule is CC1(C)COCN1CC#CCN1COCC1(C)C. The van der Waals surface area contributed by atoms with Gasteiger partial charge in [0, 0.05) is 11.1 Å². The van der Waals surface area contributed by atoms with Crippen molar-refractivity contribution >= 4 is 0 Å². The molecule has 102 valence electrons. The van der Waals surface area contributed by atoms with Crippen LogP contribution in [0.1, 0.15) is 27.7 Å². The third kappa shape index (κ3) is 3.04. The zero-order valence-corrected chi connectivity index (χ0v) is 12.0. The lowest BCUT2D eigenvalue weighted by atomic mass is 10.1. The molecule has 0 N–H and O–H groups in total. The second-order valence-corrected chi connectivity index (χ2v) is 6.33. The van der Waals surface area contributed by atoms with E-state index in [1.807, 2.05) is 0 Å². The Morgan fingerprint density at radius 3 is 1.50 bits per heavy atom. The summed E-state index contributed by atoms with van der Waals surface area (Å²) in [5, 5.41) is 0. The predicted octanol–water partition coefficient (Wildman–Crippen LogP) is 1.13. The molecule has 18 heavy (non-hydrogen) atoms. The summed E-state index contributed by atoms with van der Waals surface area (Å²) < 4.78 is 10.9. The fourth-order valence-corrected chi connectivity index (χ4v) is 2.17. The van der Waals surface area contributed by atoms with E-state index in [2.05, 4.69) is 49.3 Å². The Bertz CT molecular complexity index is 323. The third-order valence-corrected chi connectivity index (χ3v) is 3.78. The van der Waals surface area contributed by atoms with Gasteiger partial charge in [0.2, 0.25) is 0 Å². The van der Waals surface area contributed by atoms with Crippen molar-refractivity contribution < 1.29 is 9.47 Å². The highest BCUT2D eigenvalue weighted by atomic mass is 16.5. The van der Waals surface area contributed by atoms with Crippen LogP contribution < -0.4 is 0 Å². The fraction of sp³-hybridized carbons (Fsp3) is 0.857. The van der Waals surface area contributed by atoms with E-state index in [-0.39, 0.29) is 11.1 Å². The predicted molar refractivity (Wildman–Crippen MR) is 71.0 cm³/mol. The smallest absolute Gasteiger partial charge is 0.100 e. The first-order chi connectivity index (χ1) is 8.42. The first-order valence-electron chi connectivity index (χ1n) is 6.53. The molecule has 2 heterocycles. The average Bonchev–Trinajstić information content (AvgIpc) is 2.77. The van der Waals surface area contributed by atoms with E-state index in [1.165, 1.54) is 0 Å². The lowest BCUT2D eigenvalue weighted by molar-refractivity contribution is 0.141. The summed E-state index contributed by atoms with van der Waals surface area (Å²) in [6.45, 7) is 13.3. The topological polar surface area (TPSA) is 24.9 Å². The van der Waals surface area contributed by atoms with Crippen LogP contribution in [-0.4, -0.2) is 60.6 Å². The quantitative estimate of drug-likeness (QED) is 0.688. The van der Waals surface area contributed by atoms with Gasteiger partial charge in [-0.2, -0.15) is 0 Å². The maximum absolute atomic E-state index is 5.46. The van der Waals surface area contributed by atoms with Crippen LogP contribution in [0.25, 0.3) is 0 Å². The van der Waals surface area contributed by atoms with Crippen molar-refractivity contribution in [2.45, 2.75) is 38.8 Å². The first-order valence-corrected chi connectivity index (χ1v) is 6.53. The summed E-state index contributed by atoms with van der Waals surface area (Å²) in [5.74, 6) is 6.49. The molecule has 0 aromatic rings. The molecule has 4 heteroatoms. The molecule has 0 aromatic heterocycles. The number of nitrogens with zero attached hydrogens (tertiary/aromatic N) is 2. The molecule has 0 spiro atoms. The molecule has 2 rings (SSSR count). The van der Waals surface area contributed by atoms with Crippen molar-refractivity contribution in [1.29, 1.82) is 0 Å². The van der Waals surface area contributed by atoms with Crippen LogP contribution in [0.3, 0.4) is 0 Å². The van der Waals surface area contributed by atoms with E-state index in [0.717, 1.165) is 26.3 Å². The molecule has 2 fully saturated rings. The second kappa shape index (κ2) is 5.18. The van der Waals surface area contributed by atoms with Crippen molar-refractivity contribution in [3.8, 4) is 11.8 Å². The van der Waals surface area contributed by atoms with Crippen molar-refractivity contribution in [2.24, 2.45) is 0 Å². The minimum Gasteiger partial charge on any atom is -0.364 e. The van der Waals surface area contributed by atoms with Gasteiger partial charge < -0.3 is 9.47 Å². The van der Waals surface area contributed by atoms with Crippen molar-refractivity contribution in [1.82, 2.24) is 9.80 Å². The molecule has 0 radical (unpaired) electrons. The summed E-state index contributed by atoms with van der Waals surface area (Å²) >= 11 is 0. The molecule has 4 nitrogen and oxygen atoms in total. The van der Waals surface area contributed by atoms with Crippen LogP contribution in [-0.2, 0) is 9.47 Å². The molecule has 2 saturated heterocycles. The number of hydrogen-bond acceptors (Lipinski definition) is 4. The van der Waals surface area contributed by atoms with Crippen LogP contribution in [0.5, 0.6) is 0 Å². The zero-order valence-electron chi connectivity index (χ0n) is 12.0. The molecular formula is C14H24N2O2. The van der Waals surface area contributed by atoms with E-state index in [9.17, 15) is 0 Å². The lowest BCUT2D eigenvalue weighted by Crippen LogP contribution is -2.41. The molecule has 0 unspecified atom stereocenters. The van der Waals surface area contributed by atoms with Gasteiger partial charge in [0.25, 0.3) is 0 Å². The highest BCUT2D eigenvalue weighted by Crippen LogP contribution is 2.21. The van der Waals surface area contributed by atoms with Gasteiger partial charge in [0.15, 0.2) is 0 Å². The Balaban J connectivity index is 1.79. The van der Waals surface area contributed by atoms with Crippen molar-refractivity contribution in [3.05, 3.63) is 0 Å². The van der Waals surface area contributed by atoms with E-state index < -0.39 is 0 Å². The van der Waals surface area contributed by atoms with Gasteiger partial charge in [-0.05, 0) is 27.7 Å². The maximum atomic E-state index is 5.46. The van der Waals surface area contributed by atoms with E-state index >= 15 is 0 Å². The third-order valence-electron chi connectivity index (χ3n) is 3.78. The zero-order chi connectivity index (χ0) is 13.2. The minimum atomic E-state index is 0.116. The van der Waals surface area contributed by atoms with Crippen LogP contribution >= 0.6 is 0 Å². The van der Waals surface area contributed by atoms with E-state index in [0.29, 0.717) is 13.5 Å². The Morgan fingerprint density at radius 1 is 0.833 bits per heavy atom. The van der Waals surface area contributed by atoms with Gasteiger partial charge >= 0.3 is 0 Å². The Labute approximate surface area is 110 Å². The van der Waals surface area contributed by atoms with Gasteiger partial charge in [0.05, 0.1) is 26.3 Å². The average molecular weight is 252 g/mol. The summed E-state index contributed by atoms with van der Waals surface area (Å²) in [6, 6.07) is 0. The largest absolute Gasteiger partial charge is 0.364 e. The summed E-state index contributed by atoms with van der Waals surface area (Å²) in [7, 11) is 0. The molecular weight excluding hydrogens is 228 g/mol. The molecule has 2 aliphatic heterocycles. The Hall–Kier alpha value is -0.600. The Kier molecular flexibility index (Phi) is 3.98. The molecule has 0 aliphatic carbocycles. The molecule has 0 bridgehead atoms. The molecule has 0 saturated carbocycles. The van der Waals surface area contributed by atoms with Gasteiger partial charge in [-0.1, -0.05) is 11.8 Å². The maximum Gasteiger partial charge on any atom is 0.100 e. The molecule has 0 amide bonds. The van der Waals surface area contributed by atoms with Gasteiger partial charge in [-0.3, -0.25) is 9.80 Å². The summed E-state index contributed by atoms with van der Waals surface area (Å²) in [4.78, 5) is 4.54. The molecule has 0 aromatic carbocycles. The number of rotatable bonds is 2. The van der Waals surface area contributed by atoms with Crippen LogP contribution in [0.15, 0.2) is 0 Å². The number of hydrogen-bond donors (Lipinski definition) is 0. The minimum absolute atomic E-state index is 0.116. The normalized spacial score (nSPS) is 27.1. The fourth-order valence-electron chi connectivity index (χ4n) is 2.17. The van der Waals surface area contributed by atoms with Gasteiger partial charge in [0.1, 0.15) is 13.5 Å². The highest BCUT2D eigenvalue weighted by Gasteiger charge is 2.33. The van der Waals surface area contributed by atoms with Crippen LogP contribution in [0.4, 0.5) is 0 Å². The van der Waals surface area contributed by atoms with E-state index in [4.69, 9.17) is 9.47 Å². The highest BCUT2D eigenvalue weighted by molar-refractivity contribution is 5.06. The monoisotopic (exact) mass is 252 g/mol. The number of ether oxygens (including phenoxy) is 2. The first kappa shape index (κ1) is 13.8. The lowest BCUT2D eigenvalue weighted by Gasteiger charge is -2.27. The van der Waals surface area contributed by atoms with Gasteiger partial charge in [-0.25, -0.2) is 0 Å². The summed E-state index contributed by atoms with van der Waals surface area (Å²) in [6.07, 6.45) is 0. The van der Waals surface area contributed by atoms with Crippen molar-refractivity contribution in [2.75, 3.05) is 39.8 Å². The Morgan fingerprint density at radius 2 is 1.22 bits per heavy atom. The molecule has 2 aliphatic rings. The van der Waals surface area contributed by atoms with E-state index in [1.54, 1.807) is 0 Å². The second-order valence-electron chi connectivity index (χ2n) is 6.33.